The molecule has 116 heavy (non-hydrogen) atoms. The summed E-state index contributed by atoms with van der Waals surface area (Å²) >= 11 is 0. The SMILES string of the molecule is CC(F)C(=O)N1C2CCCC[C@H]2NC2=C(C(=O)NC2)[C@H]1c1cccc2cccnc12.COCC(=O)N1C2CCCC[C@H]2NC2=C(C(=O)NC2)[C@H]1c1cccc2cc(C)[nH]c12.O=C1NCC2=C1[C@@H](c1cccc3c1OCC3)N(C(=O)CO)C1CCCC[C@H]1N2.O=C1NCC2=C1[C@@H](c1cccc3ccnn13)N(C(=O)CO)C1CCCC[C@H]1N2. The summed E-state index contributed by atoms with van der Waals surface area (Å²) in [6, 6.07) is 29.1. The number of nitrogens with zero attached hydrogens (tertiary/aromatic N) is 7. The second-order valence-corrected chi connectivity index (χ2v) is 32.6. The number of hydrogen-bond acceptors (Lipinski definition) is 18. The van der Waals surface area contributed by atoms with E-state index in [4.69, 9.17) is 9.47 Å². The van der Waals surface area contributed by atoms with Crippen LogP contribution in [0.25, 0.3) is 27.3 Å². The molecule has 0 spiro atoms. The Labute approximate surface area is 670 Å². The summed E-state index contributed by atoms with van der Waals surface area (Å²) in [5.41, 5.74) is 13.9. The molecule has 11 N–H and O–H groups in total. The van der Waals surface area contributed by atoms with Crippen LogP contribution in [0.2, 0.25) is 0 Å². The standard InChI is InChI=1S/C23H25FN4O2.C23H28N4O3.C21H25N3O4.C20H23N5O3/c1-13(24)23(30)28-18-10-3-2-9-16(18)27-17-12-26-22(29)19(17)21(28)15-8-4-6-14-7-5-11-25-20(14)15;1-13-10-14-6-5-7-15(21(14)25-13)22-20-17(11-24-23(20)29)26-16-8-3-4-9-18(16)27(22)19(28)12-30-2;25-11-17(26)24-16-7-2-1-6-14(16)23-15-10-22-21(27)18(15)19(24)13-5-3-4-12-8-9-28-20(12)13;26-11-17(27)24-15-6-2-1-5-13(15)23-14-10-21-20(28)18(14)19(24)16-7-3-4-12-8-9-22-25(12)16/h4-8,11,13,16,18,21,27H,2-3,9-10,12H2,1H3,(H,26,29);5-7,10,16,18,22,25-26H,3-4,8-9,11-12H2,1-2H3,(H,24,29);3-5,14,16,19,23,25H,1-2,6-11H2,(H,22,27);3-4,7-9,13,15,19,23,26H,1-2,5-6,10-11H2,(H,21,28)/t13?,16-,18?,21-;16-,18?,22-;14-,16?,19-;13-,15?,19-/m1111/s1. The molecule has 4 aliphatic carbocycles. The molecular formula is C87H101FN16O12. The lowest BCUT2D eigenvalue weighted by Crippen LogP contribution is -2.55. The van der Waals surface area contributed by atoms with Crippen LogP contribution in [0.4, 0.5) is 4.39 Å². The smallest absolute Gasteiger partial charge is 0.257 e. The maximum Gasteiger partial charge on any atom is 0.257 e. The molecule has 4 aromatic heterocycles. The number of hydrogen-bond donors (Lipinski definition) is 11. The fraction of sp³-hybridized carbons (Fsp3) is 0.471. The number of carbonyl (C=O) groups excluding carboxylic acids is 8. The largest absolute Gasteiger partial charge is 0.493 e. The highest BCUT2D eigenvalue weighted by atomic mass is 19.1. The Morgan fingerprint density at radius 1 is 0.526 bits per heavy atom. The number of benzene rings is 3. The van der Waals surface area contributed by atoms with Crippen molar-refractivity contribution >= 4 is 74.6 Å². The molecule has 7 aromatic rings. The number of aryl methyl sites for hydroxylation is 1. The number of alkyl halides is 1. The summed E-state index contributed by atoms with van der Waals surface area (Å²) in [5, 5.41) is 52.0. The molecule has 28 nitrogen and oxygen atoms in total. The molecular weight excluding hydrogens is 1480 g/mol. The normalized spacial score (nSPS) is 27.2. The number of H-pyrrole nitrogens is 1. The number of rotatable bonds is 9. The highest BCUT2D eigenvalue weighted by Crippen LogP contribution is 2.49. The maximum atomic E-state index is 14.5. The fourth-order valence-electron chi connectivity index (χ4n) is 20.9. The first kappa shape index (κ1) is 77.4. The first-order chi connectivity index (χ1) is 56.5. The molecule has 13 atom stereocenters. The number of aliphatic hydroxyl groups excluding tert-OH is 2. The Bertz CT molecular complexity index is 5200. The van der Waals surface area contributed by atoms with Gasteiger partial charge in [-0.25, -0.2) is 8.91 Å². The van der Waals surface area contributed by atoms with Crippen LogP contribution in [0.15, 0.2) is 155 Å². The lowest BCUT2D eigenvalue weighted by atomic mass is 9.86. The maximum absolute atomic E-state index is 14.5. The topological polar surface area (TPSA) is 351 Å². The summed E-state index contributed by atoms with van der Waals surface area (Å²) in [6.07, 6.45) is 18.2. The highest BCUT2D eigenvalue weighted by Gasteiger charge is 2.53. The van der Waals surface area contributed by atoms with E-state index in [2.05, 4.69) is 69.7 Å². The molecule has 0 radical (unpaired) electrons. The van der Waals surface area contributed by atoms with Crippen molar-refractivity contribution in [1.82, 2.24) is 81.7 Å². The molecule has 4 saturated carbocycles. The monoisotopic (exact) mass is 1580 g/mol. The Hall–Kier alpha value is -11.2. The number of amides is 8. The van der Waals surface area contributed by atoms with Crippen LogP contribution in [-0.4, -0.2) is 211 Å². The van der Waals surface area contributed by atoms with E-state index in [1.807, 2.05) is 96.8 Å². The molecule has 9 aliphatic heterocycles. The summed E-state index contributed by atoms with van der Waals surface area (Å²) in [7, 11) is 1.54. The molecule has 20 rings (SSSR count). The number of methoxy groups -OCH3 is 1. The number of aromatic amines is 1. The van der Waals surface area contributed by atoms with Crippen molar-refractivity contribution in [2.45, 2.75) is 202 Å². The summed E-state index contributed by atoms with van der Waals surface area (Å²) < 4.78 is 27.4. The first-order valence-corrected chi connectivity index (χ1v) is 41.3. The zero-order valence-corrected chi connectivity index (χ0v) is 65.6. The summed E-state index contributed by atoms with van der Waals surface area (Å²) in [5.74, 6) is -1.20. The van der Waals surface area contributed by atoms with Crippen molar-refractivity contribution in [3.8, 4) is 5.75 Å². The molecule has 608 valence electrons. The van der Waals surface area contributed by atoms with Crippen LogP contribution in [0, 0.1) is 6.92 Å². The van der Waals surface area contributed by atoms with Gasteiger partial charge in [0.15, 0.2) is 6.17 Å². The molecule has 0 saturated heterocycles. The minimum atomic E-state index is -1.65. The van der Waals surface area contributed by atoms with Crippen LogP contribution < -0.4 is 47.3 Å². The Kier molecular flexibility index (Phi) is 21.9. The molecule has 13 heterocycles. The lowest BCUT2D eigenvalue weighted by molar-refractivity contribution is -0.142. The van der Waals surface area contributed by atoms with E-state index >= 15 is 0 Å². The number of aromatic nitrogens is 4. The number of pyridine rings is 2. The summed E-state index contributed by atoms with van der Waals surface area (Å²) in [4.78, 5) is 120. The van der Waals surface area contributed by atoms with Gasteiger partial charge in [-0.3, -0.25) is 43.3 Å². The quantitative estimate of drug-likeness (QED) is 0.0752. The van der Waals surface area contributed by atoms with Crippen LogP contribution in [0.1, 0.15) is 167 Å². The predicted octanol–water partition coefficient (Wildman–Crippen LogP) is 6.33. The van der Waals surface area contributed by atoms with Crippen LogP contribution >= 0.6 is 0 Å². The first-order valence-electron chi connectivity index (χ1n) is 41.3. The van der Waals surface area contributed by atoms with Crippen molar-refractivity contribution in [2.75, 3.05) is 59.7 Å². The van der Waals surface area contributed by atoms with Gasteiger partial charge in [0.05, 0.1) is 120 Å². The van der Waals surface area contributed by atoms with E-state index in [-0.39, 0.29) is 96.3 Å². The van der Waals surface area contributed by atoms with Crippen molar-refractivity contribution in [2.24, 2.45) is 0 Å². The van der Waals surface area contributed by atoms with Crippen LogP contribution in [0.3, 0.4) is 0 Å². The van der Waals surface area contributed by atoms with E-state index < -0.39 is 49.5 Å². The van der Waals surface area contributed by atoms with Crippen molar-refractivity contribution in [3.63, 3.8) is 0 Å². The fourth-order valence-corrected chi connectivity index (χ4v) is 20.9. The average Bonchev–Trinajstić information content (AvgIpc) is 1.60. The number of ether oxygens (including phenoxy) is 2. The Balaban J connectivity index is 0.000000111. The second kappa shape index (κ2) is 32.8. The Morgan fingerprint density at radius 2 is 0.974 bits per heavy atom. The predicted molar refractivity (Wildman–Crippen MR) is 427 cm³/mol. The van der Waals surface area contributed by atoms with Crippen molar-refractivity contribution in [3.05, 3.63) is 188 Å². The minimum Gasteiger partial charge on any atom is -0.493 e. The third-order valence-corrected chi connectivity index (χ3v) is 25.8. The molecule has 29 heteroatoms. The van der Waals surface area contributed by atoms with Gasteiger partial charge in [-0.05, 0) is 101 Å². The van der Waals surface area contributed by atoms with E-state index in [0.29, 0.717) is 55.1 Å². The van der Waals surface area contributed by atoms with E-state index in [1.165, 1.54) is 6.92 Å². The van der Waals surface area contributed by atoms with E-state index in [0.717, 1.165) is 199 Å². The van der Waals surface area contributed by atoms with Gasteiger partial charge in [-0.1, -0.05) is 118 Å². The highest BCUT2D eigenvalue weighted by molar-refractivity contribution is 6.03. The van der Waals surface area contributed by atoms with Gasteiger partial charge in [0.25, 0.3) is 29.5 Å². The van der Waals surface area contributed by atoms with Crippen molar-refractivity contribution in [1.29, 1.82) is 0 Å². The van der Waals surface area contributed by atoms with Gasteiger partial charge in [0, 0.05) is 106 Å². The van der Waals surface area contributed by atoms with Gasteiger partial charge >= 0.3 is 0 Å². The van der Waals surface area contributed by atoms with E-state index in [9.17, 15) is 53.0 Å². The third kappa shape index (κ3) is 14.1. The number of fused-ring (bicyclic) bond motifs is 8. The number of para-hydroxylation sites is 3. The number of carbonyl (C=O) groups is 8. The number of aliphatic hydroxyl groups is 2. The van der Waals surface area contributed by atoms with Crippen LogP contribution in [0.5, 0.6) is 5.75 Å². The third-order valence-electron chi connectivity index (χ3n) is 25.8. The van der Waals surface area contributed by atoms with E-state index in [1.54, 1.807) is 38.7 Å². The molecule has 3 aromatic carbocycles. The summed E-state index contributed by atoms with van der Waals surface area (Å²) in [6.45, 7) is 4.53. The Morgan fingerprint density at radius 3 is 1.51 bits per heavy atom. The number of halogens is 1. The lowest BCUT2D eigenvalue weighted by Gasteiger charge is -2.43. The molecule has 8 amide bonds. The van der Waals surface area contributed by atoms with Gasteiger partial charge < -0.3 is 86.8 Å². The van der Waals surface area contributed by atoms with Crippen molar-refractivity contribution < 1.29 is 62.4 Å². The van der Waals surface area contributed by atoms with Crippen LogP contribution in [-0.2, 0) is 49.5 Å². The number of nitrogens with one attached hydrogen (secondary N) is 9. The van der Waals surface area contributed by atoms with Gasteiger partial charge in [0.1, 0.15) is 31.6 Å². The van der Waals surface area contributed by atoms with Gasteiger partial charge in [0.2, 0.25) is 17.7 Å². The molecule has 13 aliphatic rings. The second-order valence-electron chi connectivity index (χ2n) is 32.6. The average molecular weight is 1580 g/mol. The molecule has 5 unspecified atom stereocenters. The van der Waals surface area contributed by atoms with Gasteiger partial charge in [-0.15, -0.1) is 0 Å². The molecule has 0 bridgehead atoms. The zero-order chi connectivity index (χ0) is 80.2. The zero-order valence-electron chi connectivity index (χ0n) is 65.6. The molecule has 4 fully saturated rings. The minimum absolute atomic E-state index is 0.00365. The van der Waals surface area contributed by atoms with Gasteiger partial charge in [-0.2, -0.15) is 5.10 Å².